The van der Waals surface area contributed by atoms with Gasteiger partial charge in [0.2, 0.25) is 5.91 Å². The van der Waals surface area contributed by atoms with Crippen molar-refractivity contribution in [1.29, 1.82) is 0 Å². The van der Waals surface area contributed by atoms with E-state index >= 15 is 0 Å². The Morgan fingerprint density at radius 2 is 2.00 bits per heavy atom. The minimum absolute atomic E-state index is 0.178. The molecule has 8 nitrogen and oxygen atoms in total. The molecule has 0 atom stereocenters. The summed E-state index contributed by atoms with van der Waals surface area (Å²) >= 11 is 0. The summed E-state index contributed by atoms with van der Waals surface area (Å²) in [4.78, 5) is 32.2. The number of nitrogens with zero attached hydrogens (tertiary/aromatic N) is 4. The summed E-state index contributed by atoms with van der Waals surface area (Å²) in [6, 6.07) is 11.2. The van der Waals surface area contributed by atoms with E-state index in [1.165, 1.54) is 6.92 Å². The van der Waals surface area contributed by atoms with Crippen molar-refractivity contribution >= 4 is 34.3 Å². The number of aryl methyl sites for hydroxylation is 1. The molecule has 4 aromatic rings. The fourth-order valence-electron chi connectivity index (χ4n) is 2.71. The van der Waals surface area contributed by atoms with Gasteiger partial charge in [-0.1, -0.05) is 6.07 Å². The summed E-state index contributed by atoms with van der Waals surface area (Å²) < 4.78 is 0. The van der Waals surface area contributed by atoms with Gasteiger partial charge >= 0.3 is 0 Å². The highest BCUT2D eigenvalue weighted by Gasteiger charge is 2.12. The molecule has 3 N–H and O–H groups in total. The zero-order chi connectivity index (χ0) is 18.8. The highest BCUT2D eigenvalue weighted by molar-refractivity contribution is 5.91. The molecule has 4 rings (SSSR count). The number of fused-ring (bicyclic) bond motifs is 1. The summed E-state index contributed by atoms with van der Waals surface area (Å²) in [6.07, 6.45) is 3.43. The van der Waals surface area contributed by atoms with Crippen LogP contribution in [0.15, 0.2) is 48.8 Å². The van der Waals surface area contributed by atoms with E-state index in [1.807, 2.05) is 37.4 Å². The maximum absolute atomic E-state index is 11.2. The van der Waals surface area contributed by atoms with Crippen molar-refractivity contribution in [3.63, 3.8) is 0 Å². The Kier molecular flexibility index (Phi) is 4.21. The van der Waals surface area contributed by atoms with Crippen LogP contribution in [-0.4, -0.2) is 30.8 Å². The van der Waals surface area contributed by atoms with Crippen LogP contribution in [-0.2, 0) is 4.79 Å². The summed E-state index contributed by atoms with van der Waals surface area (Å²) in [5, 5.41) is 6.80. The van der Waals surface area contributed by atoms with Gasteiger partial charge < -0.3 is 15.6 Å². The van der Waals surface area contributed by atoms with Crippen molar-refractivity contribution in [3.05, 3.63) is 54.5 Å². The second-order valence-electron chi connectivity index (χ2n) is 6.04. The number of H-pyrrole nitrogens is 1. The normalized spacial score (nSPS) is 10.7. The largest absolute Gasteiger partial charge is 0.346 e. The molecule has 0 aliphatic carbocycles. The Bertz CT molecular complexity index is 1140. The number of aromatic nitrogens is 5. The van der Waals surface area contributed by atoms with Crippen LogP contribution >= 0.6 is 0 Å². The van der Waals surface area contributed by atoms with Gasteiger partial charge in [0.25, 0.3) is 0 Å². The van der Waals surface area contributed by atoms with Crippen molar-refractivity contribution in [2.24, 2.45) is 0 Å². The maximum atomic E-state index is 11.2. The number of carbonyl (C=O) groups is 1. The molecule has 8 heteroatoms. The first-order valence-corrected chi connectivity index (χ1v) is 8.38. The average molecular weight is 359 g/mol. The summed E-state index contributed by atoms with van der Waals surface area (Å²) in [6.45, 7) is 3.37. The molecule has 4 aromatic heterocycles. The molecular weight excluding hydrogens is 342 g/mol. The molecule has 0 aromatic carbocycles. The van der Waals surface area contributed by atoms with Crippen molar-refractivity contribution in [3.8, 4) is 11.5 Å². The van der Waals surface area contributed by atoms with Crippen LogP contribution in [0.2, 0.25) is 0 Å². The molecule has 1 amide bonds. The predicted molar refractivity (Wildman–Crippen MR) is 104 cm³/mol. The second-order valence-corrected chi connectivity index (χ2v) is 6.04. The number of rotatable bonds is 4. The fourth-order valence-corrected chi connectivity index (χ4v) is 2.71. The summed E-state index contributed by atoms with van der Waals surface area (Å²) in [5.74, 6) is 1.45. The monoisotopic (exact) mass is 359 g/mol. The molecule has 27 heavy (non-hydrogen) atoms. The average Bonchev–Trinajstić information content (AvgIpc) is 3.10. The van der Waals surface area contributed by atoms with E-state index in [0.717, 1.165) is 16.8 Å². The van der Waals surface area contributed by atoms with Gasteiger partial charge in [-0.3, -0.25) is 4.79 Å². The Hall–Kier alpha value is -3.81. The first-order valence-electron chi connectivity index (χ1n) is 8.38. The quantitative estimate of drug-likeness (QED) is 0.515. The third-order valence-corrected chi connectivity index (χ3v) is 3.86. The predicted octanol–water partition coefficient (Wildman–Crippen LogP) is 3.43. The van der Waals surface area contributed by atoms with E-state index < -0.39 is 0 Å². The van der Waals surface area contributed by atoms with Crippen molar-refractivity contribution < 1.29 is 4.79 Å². The standard InChI is InChI=1S/C19H17N7O/c1-11-4-3-5-15(22-11)19-25-17-14(7-9-21-17)18(26-19)24-13-6-8-20-16(10-13)23-12(2)27/h3-10H,1-2H3,(H3,20,21,23,24,25,26,27). The molecule has 0 aliphatic rings. The number of hydrogen-bond acceptors (Lipinski definition) is 6. The maximum Gasteiger partial charge on any atom is 0.222 e. The number of pyridine rings is 2. The van der Waals surface area contributed by atoms with Crippen LogP contribution < -0.4 is 10.6 Å². The number of amides is 1. The van der Waals surface area contributed by atoms with E-state index in [1.54, 1.807) is 18.3 Å². The van der Waals surface area contributed by atoms with Crippen LogP contribution in [0.1, 0.15) is 12.6 Å². The highest BCUT2D eigenvalue weighted by atomic mass is 16.1. The molecule has 0 bridgehead atoms. The van der Waals surface area contributed by atoms with Crippen LogP contribution in [0.3, 0.4) is 0 Å². The minimum Gasteiger partial charge on any atom is -0.346 e. The lowest BCUT2D eigenvalue weighted by atomic mass is 10.2. The third-order valence-electron chi connectivity index (χ3n) is 3.86. The van der Waals surface area contributed by atoms with Gasteiger partial charge in [0, 0.05) is 36.8 Å². The molecule has 0 saturated heterocycles. The van der Waals surface area contributed by atoms with Crippen LogP contribution in [0.5, 0.6) is 0 Å². The van der Waals surface area contributed by atoms with Crippen molar-refractivity contribution in [1.82, 2.24) is 24.9 Å². The van der Waals surface area contributed by atoms with Gasteiger partial charge in [0.05, 0.1) is 5.39 Å². The topological polar surface area (TPSA) is 108 Å². The van der Waals surface area contributed by atoms with Gasteiger partial charge in [-0.25, -0.2) is 19.9 Å². The number of nitrogens with one attached hydrogen (secondary N) is 3. The molecule has 0 saturated carbocycles. The highest BCUT2D eigenvalue weighted by Crippen LogP contribution is 2.26. The fraction of sp³-hybridized carbons (Fsp3) is 0.105. The van der Waals surface area contributed by atoms with E-state index in [9.17, 15) is 4.79 Å². The number of aromatic amines is 1. The van der Waals surface area contributed by atoms with Crippen LogP contribution in [0.4, 0.5) is 17.3 Å². The lowest BCUT2D eigenvalue weighted by Gasteiger charge is -2.10. The Balaban J connectivity index is 1.75. The molecule has 4 heterocycles. The number of anilines is 3. The van der Waals surface area contributed by atoms with Crippen LogP contribution in [0.25, 0.3) is 22.6 Å². The lowest BCUT2D eigenvalue weighted by Crippen LogP contribution is -2.07. The smallest absolute Gasteiger partial charge is 0.222 e. The van der Waals surface area contributed by atoms with Crippen LogP contribution in [0, 0.1) is 6.92 Å². The SMILES string of the molecule is CC(=O)Nc1cc(Nc2nc(-c3cccc(C)n3)nc3[nH]ccc23)ccn1. The second kappa shape index (κ2) is 6.83. The van der Waals surface area contributed by atoms with Crippen molar-refractivity contribution in [2.45, 2.75) is 13.8 Å². The molecule has 0 spiro atoms. The Morgan fingerprint density at radius 1 is 1.11 bits per heavy atom. The van der Waals surface area contributed by atoms with E-state index in [2.05, 4.69) is 35.6 Å². The van der Waals surface area contributed by atoms with Gasteiger partial charge in [-0.2, -0.15) is 0 Å². The zero-order valence-corrected chi connectivity index (χ0v) is 14.8. The molecular formula is C19H17N7O. The van der Waals surface area contributed by atoms with E-state index in [-0.39, 0.29) is 5.91 Å². The Morgan fingerprint density at radius 3 is 2.81 bits per heavy atom. The first kappa shape index (κ1) is 16.6. The Labute approximate surface area is 155 Å². The molecule has 134 valence electrons. The summed E-state index contributed by atoms with van der Waals surface area (Å²) in [7, 11) is 0. The number of hydrogen-bond donors (Lipinski definition) is 3. The molecule has 0 radical (unpaired) electrons. The summed E-state index contributed by atoms with van der Waals surface area (Å²) in [5.41, 5.74) is 3.05. The van der Waals surface area contributed by atoms with Crippen molar-refractivity contribution in [2.75, 3.05) is 10.6 Å². The first-order chi connectivity index (χ1) is 13.1. The number of carbonyl (C=O) groups excluding carboxylic acids is 1. The van der Waals surface area contributed by atoms with E-state index in [0.29, 0.717) is 28.8 Å². The third kappa shape index (κ3) is 3.59. The van der Waals surface area contributed by atoms with Gasteiger partial charge in [0.15, 0.2) is 5.82 Å². The zero-order valence-electron chi connectivity index (χ0n) is 14.8. The lowest BCUT2D eigenvalue weighted by molar-refractivity contribution is -0.114. The molecule has 0 unspecified atom stereocenters. The molecule has 0 aliphatic heterocycles. The van der Waals surface area contributed by atoms with E-state index in [4.69, 9.17) is 0 Å². The van der Waals surface area contributed by atoms with Gasteiger partial charge in [0.1, 0.15) is 23.0 Å². The minimum atomic E-state index is -0.178. The molecule has 0 fully saturated rings. The van der Waals surface area contributed by atoms with Gasteiger partial charge in [-0.05, 0) is 31.2 Å². The van der Waals surface area contributed by atoms with Gasteiger partial charge in [-0.15, -0.1) is 0 Å².